The molecular weight excluding hydrogens is 214 g/mol. The van der Waals surface area contributed by atoms with Gasteiger partial charge in [-0.1, -0.05) is 12.1 Å². The summed E-state index contributed by atoms with van der Waals surface area (Å²) in [4.78, 5) is 2.34. The van der Waals surface area contributed by atoms with Gasteiger partial charge < -0.3 is 9.84 Å². The summed E-state index contributed by atoms with van der Waals surface area (Å²) in [7, 11) is 3.81. The van der Waals surface area contributed by atoms with Crippen LogP contribution in [0, 0.1) is 5.92 Å². The maximum absolute atomic E-state index is 9.49. The van der Waals surface area contributed by atoms with E-state index in [1.54, 1.807) is 7.11 Å². The van der Waals surface area contributed by atoms with E-state index in [4.69, 9.17) is 4.74 Å². The first-order valence-electron chi connectivity index (χ1n) is 6.21. The minimum Gasteiger partial charge on any atom is -0.497 e. The van der Waals surface area contributed by atoms with Gasteiger partial charge in [0.2, 0.25) is 0 Å². The van der Waals surface area contributed by atoms with E-state index in [-0.39, 0.29) is 6.61 Å². The lowest BCUT2D eigenvalue weighted by Gasteiger charge is -2.38. The molecule has 3 heteroatoms. The number of ether oxygens (including phenoxy) is 1. The molecule has 0 spiro atoms. The van der Waals surface area contributed by atoms with Crippen LogP contribution in [0.1, 0.15) is 24.4 Å². The van der Waals surface area contributed by atoms with Crippen molar-refractivity contribution in [3.8, 4) is 5.75 Å². The average molecular weight is 235 g/mol. The normalized spacial score (nSPS) is 25.8. The third kappa shape index (κ3) is 2.61. The van der Waals surface area contributed by atoms with E-state index in [0.29, 0.717) is 12.0 Å². The molecule has 1 aromatic carbocycles. The van der Waals surface area contributed by atoms with E-state index in [1.165, 1.54) is 12.0 Å². The molecule has 0 amide bonds. The Labute approximate surface area is 103 Å². The van der Waals surface area contributed by atoms with Gasteiger partial charge >= 0.3 is 0 Å². The Balaban J connectivity index is 2.21. The number of nitrogens with zero attached hydrogens (tertiary/aromatic N) is 1. The largest absolute Gasteiger partial charge is 0.497 e. The maximum atomic E-state index is 9.49. The lowest BCUT2D eigenvalue weighted by Crippen LogP contribution is -2.37. The number of likely N-dealkylation sites (tertiary alicyclic amines) is 1. The van der Waals surface area contributed by atoms with Crippen LogP contribution in [0.2, 0.25) is 0 Å². The minimum absolute atomic E-state index is 0.265. The molecule has 0 aromatic heterocycles. The highest BCUT2D eigenvalue weighted by Gasteiger charge is 2.29. The van der Waals surface area contributed by atoms with Gasteiger partial charge in [-0.15, -0.1) is 0 Å². The monoisotopic (exact) mass is 235 g/mol. The van der Waals surface area contributed by atoms with Crippen LogP contribution in [-0.4, -0.2) is 37.3 Å². The fourth-order valence-corrected chi connectivity index (χ4v) is 2.78. The maximum Gasteiger partial charge on any atom is 0.118 e. The molecule has 1 N–H and O–H groups in total. The summed E-state index contributed by atoms with van der Waals surface area (Å²) < 4.78 is 5.17. The second kappa shape index (κ2) is 5.52. The summed E-state index contributed by atoms with van der Waals surface area (Å²) in [5.74, 6) is 1.23. The van der Waals surface area contributed by atoms with E-state index in [1.807, 2.05) is 12.1 Å². The summed E-state index contributed by atoms with van der Waals surface area (Å²) in [6.07, 6.45) is 2.28. The lowest BCUT2D eigenvalue weighted by atomic mass is 9.85. The van der Waals surface area contributed by atoms with Crippen molar-refractivity contribution in [1.82, 2.24) is 4.90 Å². The number of benzene rings is 1. The first kappa shape index (κ1) is 12.4. The lowest BCUT2D eigenvalue weighted by molar-refractivity contribution is 0.0742. The molecule has 1 saturated heterocycles. The number of aliphatic hydroxyl groups excluding tert-OH is 1. The predicted octanol–water partition coefficient (Wildman–Crippen LogP) is 2.07. The zero-order valence-electron chi connectivity index (χ0n) is 10.6. The molecule has 0 aliphatic carbocycles. The van der Waals surface area contributed by atoms with Crippen molar-refractivity contribution in [3.05, 3.63) is 29.8 Å². The van der Waals surface area contributed by atoms with Gasteiger partial charge in [-0.3, -0.25) is 4.90 Å². The molecule has 3 nitrogen and oxygen atoms in total. The molecule has 1 aliphatic rings. The molecule has 1 aliphatic heterocycles. The predicted molar refractivity (Wildman–Crippen MR) is 68.2 cm³/mol. The van der Waals surface area contributed by atoms with Crippen LogP contribution in [0.3, 0.4) is 0 Å². The van der Waals surface area contributed by atoms with E-state index in [9.17, 15) is 5.11 Å². The van der Waals surface area contributed by atoms with Crippen molar-refractivity contribution in [1.29, 1.82) is 0 Å². The standard InChI is InChI=1S/C14H21NO2/c1-15-9-3-4-12(10-16)14(15)11-5-7-13(17-2)8-6-11/h5-8,12,14,16H,3-4,9-10H2,1-2H3/t12-,14+/m1/s1. The molecule has 0 unspecified atom stereocenters. The van der Waals surface area contributed by atoms with E-state index in [2.05, 4.69) is 24.1 Å². The molecule has 1 heterocycles. The second-order valence-electron chi connectivity index (χ2n) is 4.78. The summed E-state index contributed by atoms with van der Waals surface area (Å²) in [5.41, 5.74) is 1.27. The molecule has 1 aromatic rings. The number of hydrogen-bond donors (Lipinski definition) is 1. The number of aliphatic hydroxyl groups is 1. The highest BCUT2D eigenvalue weighted by molar-refractivity contribution is 5.29. The Hall–Kier alpha value is -1.06. The van der Waals surface area contributed by atoms with Crippen LogP contribution in [0.15, 0.2) is 24.3 Å². The first-order valence-corrected chi connectivity index (χ1v) is 6.21. The Morgan fingerprint density at radius 3 is 2.65 bits per heavy atom. The summed E-state index contributed by atoms with van der Waals surface area (Å²) in [6.45, 7) is 1.37. The number of methoxy groups -OCH3 is 1. The zero-order chi connectivity index (χ0) is 12.3. The SMILES string of the molecule is COc1ccc([C@H]2[C@@H](CO)CCCN2C)cc1. The fraction of sp³-hybridized carbons (Fsp3) is 0.571. The topological polar surface area (TPSA) is 32.7 Å². The van der Waals surface area contributed by atoms with Crippen molar-refractivity contribution in [3.63, 3.8) is 0 Å². The molecule has 0 radical (unpaired) electrons. The molecule has 2 atom stereocenters. The van der Waals surface area contributed by atoms with E-state index >= 15 is 0 Å². The van der Waals surface area contributed by atoms with Crippen molar-refractivity contribution < 1.29 is 9.84 Å². The molecule has 0 bridgehead atoms. The van der Waals surface area contributed by atoms with E-state index < -0.39 is 0 Å². The highest BCUT2D eigenvalue weighted by atomic mass is 16.5. The van der Waals surface area contributed by atoms with Crippen molar-refractivity contribution in [2.45, 2.75) is 18.9 Å². The van der Waals surface area contributed by atoms with Gasteiger partial charge in [0.25, 0.3) is 0 Å². The van der Waals surface area contributed by atoms with Gasteiger partial charge in [0, 0.05) is 18.6 Å². The molecule has 94 valence electrons. The summed E-state index contributed by atoms with van der Waals surface area (Å²) in [5, 5.41) is 9.49. The van der Waals surface area contributed by atoms with Crippen molar-refractivity contribution in [2.24, 2.45) is 5.92 Å². The second-order valence-corrected chi connectivity index (χ2v) is 4.78. The van der Waals surface area contributed by atoms with Crippen LogP contribution in [0.5, 0.6) is 5.75 Å². The van der Waals surface area contributed by atoms with Crippen LogP contribution in [-0.2, 0) is 0 Å². The van der Waals surface area contributed by atoms with E-state index in [0.717, 1.165) is 18.7 Å². The average Bonchev–Trinajstić information content (AvgIpc) is 2.38. The quantitative estimate of drug-likeness (QED) is 0.870. The number of rotatable bonds is 3. The third-order valence-corrected chi connectivity index (χ3v) is 3.70. The summed E-state index contributed by atoms with van der Waals surface area (Å²) >= 11 is 0. The zero-order valence-corrected chi connectivity index (χ0v) is 10.6. The Morgan fingerprint density at radius 1 is 1.35 bits per heavy atom. The van der Waals surface area contributed by atoms with Crippen LogP contribution in [0.25, 0.3) is 0 Å². The van der Waals surface area contributed by atoms with Gasteiger partial charge in [0.05, 0.1) is 7.11 Å². The van der Waals surface area contributed by atoms with Gasteiger partial charge in [0.1, 0.15) is 5.75 Å². The van der Waals surface area contributed by atoms with Gasteiger partial charge in [-0.05, 0) is 44.1 Å². The molecule has 0 saturated carbocycles. The third-order valence-electron chi connectivity index (χ3n) is 3.70. The molecule has 1 fully saturated rings. The van der Waals surface area contributed by atoms with Crippen LogP contribution < -0.4 is 4.74 Å². The molecular formula is C14H21NO2. The Morgan fingerprint density at radius 2 is 2.06 bits per heavy atom. The van der Waals surface area contributed by atoms with Crippen molar-refractivity contribution >= 4 is 0 Å². The molecule has 17 heavy (non-hydrogen) atoms. The minimum atomic E-state index is 0.265. The van der Waals surface area contributed by atoms with Gasteiger partial charge in [-0.2, -0.15) is 0 Å². The smallest absolute Gasteiger partial charge is 0.118 e. The Kier molecular flexibility index (Phi) is 4.02. The fourth-order valence-electron chi connectivity index (χ4n) is 2.78. The van der Waals surface area contributed by atoms with Crippen molar-refractivity contribution in [2.75, 3.05) is 27.3 Å². The van der Waals surface area contributed by atoms with Gasteiger partial charge in [0.15, 0.2) is 0 Å². The Bertz CT molecular complexity index is 350. The van der Waals surface area contributed by atoms with Crippen LogP contribution in [0.4, 0.5) is 0 Å². The van der Waals surface area contributed by atoms with Gasteiger partial charge in [-0.25, -0.2) is 0 Å². The summed E-state index contributed by atoms with van der Waals surface area (Å²) in [6, 6.07) is 8.53. The highest BCUT2D eigenvalue weighted by Crippen LogP contribution is 2.35. The van der Waals surface area contributed by atoms with Crippen LogP contribution >= 0.6 is 0 Å². The first-order chi connectivity index (χ1) is 8.26. The molecule has 2 rings (SSSR count). The number of piperidine rings is 1. The number of hydrogen-bond acceptors (Lipinski definition) is 3.